The topological polar surface area (TPSA) is 55.1 Å². The molecule has 0 aliphatic heterocycles. The van der Waals surface area contributed by atoms with Crippen molar-refractivity contribution in [2.24, 2.45) is 7.05 Å². The number of carboxylic acid groups (broad SMARTS) is 1. The molecule has 0 amide bonds. The summed E-state index contributed by atoms with van der Waals surface area (Å²) in [5.74, 6) is -4.91. The standard InChI is InChI=1S/C11H10F2N2O2/c1-15-6-14-8-4-7(2-3-9(8)15)11(12,13)5-10(16)17/h2-4,6H,5H2,1H3,(H,16,17). The monoisotopic (exact) mass is 240 g/mol. The summed E-state index contributed by atoms with van der Waals surface area (Å²) in [6, 6.07) is 3.96. The van der Waals surface area contributed by atoms with Crippen LogP contribution < -0.4 is 0 Å². The predicted molar refractivity (Wildman–Crippen MR) is 56.9 cm³/mol. The van der Waals surface area contributed by atoms with Crippen molar-refractivity contribution in [2.45, 2.75) is 12.3 Å². The molecule has 1 N–H and O–H groups in total. The van der Waals surface area contributed by atoms with Crippen LogP contribution in [0.5, 0.6) is 0 Å². The van der Waals surface area contributed by atoms with Gasteiger partial charge < -0.3 is 9.67 Å². The number of hydrogen-bond acceptors (Lipinski definition) is 2. The van der Waals surface area contributed by atoms with Crippen molar-refractivity contribution >= 4 is 17.0 Å². The Kier molecular flexibility index (Phi) is 2.57. The van der Waals surface area contributed by atoms with Crippen molar-refractivity contribution in [3.05, 3.63) is 30.1 Å². The minimum absolute atomic E-state index is 0.328. The van der Waals surface area contributed by atoms with E-state index in [9.17, 15) is 13.6 Å². The SMILES string of the molecule is Cn1cnc2cc(C(F)(F)CC(=O)O)ccc21. The average Bonchev–Trinajstić information content (AvgIpc) is 2.58. The number of benzene rings is 1. The Morgan fingerprint density at radius 2 is 2.24 bits per heavy atom. The van der Waals surface area contributed by atoms with E-state index in [4.69, 9.17) is 5.11 Å². The first-order chi connectivity index (χ1) is 7.90. The number of aryl methyl sites for hydroxylation is 1. The zero-order valence-electron chi connectivity index (χ0n) is 9.02. The van der Waals surface area contributed by atoms with Gasteiger partial charge in [-0.25, -0.2) is 13.8 Å². The molecule has 0 bridgehead atoms. The Morgan fingerprint density at radius 3 is 2.88 bits per heavy atom. The zero-order valence-corrected chi connectivity index (χ0v) is 9.02. The molecule has 1 aromatic heterocycles. The summed E-state index contributed by atoms with van der Waals surface area (Å²) in [7, 11) is 1.75. The van der Waals surface area contributed by atoms with E-state index in [0.29, 0.717) is 5.52 Å². The van der Waals surface area contributed by atoms with E-state index in [0.717, 1.165) is 5.52 Å². The normalized spacial score (nSPS) is 11.9. The smallest absolute Gasteiger partial charge is 0.309 e. The molecule has 1 aromatic carbocycles. The minimum atomic E-state index is -3.38. The molecular weight excluding hydrogens is 230 g/mol. The first-order valence-corrected chi connectivity index (χ1v) is 4.91. The maximum absolute atomic E-state index is 13.5. The molecule has 0 aliphatic rings. The molecular formula is C11H10F2N2O2. The summed E-state index contributed by atoms with van der Waals surface area (Å²) in [5, 5.41) is 8.43. The molecule has 0 fully saturated rings. The number of alkyl halides is 2. The van der Waals surface area contributed by atoms with Crippen molar-refractivity contribution in [3.8, 4) is 0 Å². The second-order valence-corrected chi connectivity index (χ2v) is 3.83. The molecule has 0 saturated carbocycles. The van der Waals surface area contributed by atoms with E-state index in [2.05, 4.69) is 4.98 Å². The third-order valence-corrected chi connectivity index (χ3v) is 2.52. The average molecular weight is 240 g/mol. The van der Waals surface area contributed by atoms with E-state index in [-0.39, 0.29) is 5.56 Å². The van der Waals surface area contributed by atoms with Gasteiger partial charge in [0.05, 0.1) is 17.4 Å². The fourth-order valence-electron chi connectivity index (χ4n) is 1.66. The Balaban J connectivity index is 2.45. The van der Waals surface area contributed by atoms with Gasteiger partial charge in [-0.15, -0.1) is 0 Å². The number of halogens is 2. The van der Waals surface area contributed by atoms with Gasteiger partial charge in [-0.3, -0.25) is 4.79 Å². The molecule has 6 heteroatoms. The van der Waals surface area contributed by atoms with Gasteiger partial charge >= 0.3 is 5.97 Å². The molecule has 4 nitrogen and oxygen atoms in total. The lowest BCUT2D eigenvalue weighted by molar-refractivity contribution is -0.145. The van der Waals surface area contributed by atoms with Crippen LogP contribution in [0.25, 0.3) is 11.0 Å². The third kappa shape index (κ3) is 2.11. The zero-order chi connectivity index (χ0) is 12.6. The van der Waals surface area contributed by atoms with E-state index < -0.39 is 18.3 Å². The molecule has 0 spiro atoms. The molecule has 2 aromatic rings. The number of hydrogen-bond donors (Lipinski definition) is 1. The van der Waals surface area contributed by atoms with Gasteiger partial charge in [0.1, 0.15) is 6.42 Å². The summed E-state index contributed by atoms with van der Waals surface area (Å²) in [6.07, 6.45) is 0.301. The maximum atomic E-state index is 13.5. The Labute approximate surface area is 95.5 Å². The number of rotatable bonds is 3. The summed E-state index contributed by atoms with van der Waals surface area (Å²) in [5.41, 5.74) is 0.820. The lowest BCUT2D eigenvalue weighted by Crippen LogP contribution is -2.18. The fourth-order valence-corrected chi connectivity index (χ4v) is 1.66. The molecule has 2 rings (SSSR count). The molecule has 1 heterocycles. The maximum Gasteiger partial charge on any atom is 0.309 e. The number of aliphatic carboxylic acids is 1. The second-order valence-electron chi connectivity index (χ2n) is 3.83. The van der Waals surface area contributed by atoms with Crippen molar-refractivity contribution in [3.63, 3.8) is 0 Å². The van der Waals surface area contributed by atoms with Crippen molar-refractivity contribution in [2.75, 3.05) is 0 Å². The first kappa shape index (κ1) is 11.5. The van der Waals surface area contributed by atoms with E-state index in [1.165, 1.54) is 24.5 Å². The first-order valence-electron chi connectivity index (χ1n) is 4.91. The highest BCUT2D eigenvalue weighted by atomic mass is 19.3. The van der Waals surface area contributed by atoms with Crippen molar-refractivity contribution in [1.82, 2.24) is 9.55 Å². The van der Waals surface area contributed by atoms with Gasteiger partial charge in [-0.2, -0.15) is 0 Å². The number of nitrogens with zero attached hydrogens (tertiary/aromatic N) is 2. The third-order valence-electron chi connectivity index (χ3n) is 2.52. The highest BCUT2D eigenvalue weighted by Gasteiger charge is 2.34. The molecule has 0 unspecified atom stereocenters. The van der Waals surface area contributed by atoms with Gasteiger partial charge in [0.2, 0.25) is 0 Å². The van der Waals surface area contributed by atoms with Gasteiger partial charge in [-0.05, 0) is 12.1 Å². The number of aromatic nitrogens is 2. The van der Waals surface area contributed by atoms with E-state index in [1.54, 1.807) is 11.6 Å². The Hall–Kier alpha value is -1.98. The summed E-state index contributed by atoms with van der Waals surface area (Å²) >= 11 is 0. The van der Waals surface area contributed by atoms with Crippen LogP contribution in [0.15, 0.2) is 24.5 Å². The second kappa shape index (κ2) is 3.80. The van der Waals surface area contributed by atoms with Crippen LogP contribution in [-0.4, -0.2) is 20.6 Å². The highest BCUT2D eigenvalue weighted by Crippen LogP contribution is 2.33. The van der Waals surface area contributed by atoms with Gasteiger partial charge in [0.25, 0.3) is 5.92 Å². The molecule has 0 saturated heterocycles. The van der Waals surface area contributed by atoms with Gasteiger partial charge in [-0.1, -0.05) is 6.07 Å². The minimum Gasteiger partial charge on any atom is -0.481 e. The number of carboxylic acids is 1. The predicted octanol–water partition coefficient (Wildman–Crippen LogP) is 2.14. The quantitative estimate of drug-likeness (QED) is 0.894. The van der Waals surface area contributed by atoms with Gasteiger partial charge in [0, 0.05) is 12.6 Å². The fraction of sp³-hybridized carbons (Fsp3) is 0.273. The summed E-state index contributed by atoms with van der Waals surface area (Å²) in [6.45, 7) is 0. The largest absolute Gasteiger partial charge is 0.481 e. The lowest BCUT2D eigenvalue weighted by Gasteiger charge is -2.14. The van der Waals surface area contributed by atoms with Gasteiger partial charge in [0.15, 0.2) is 0 Å². The number of imidazole rings is 1. The molecule has 0 aliphatic carbocycles. The number of fused-ring (bicyclic) bond motifs is 1. The molecule has 90 valence electrons. The molecule has 0 atom stereocenters. The van der Waals surface area contributed by atoms with Crippen molar-refractivity contribution in [1.29, 1.82) is 0 Å². The van der Waals surface area contributed by atoms with Crippen LogP contribution in [0, 0.1) is 0 Å². The number of carbonyl (C=O) groups is 1. The molecule has 17 heavy (non-hydrogen) atoms. The van der Waals surface area contributed by atoms with Crippen LogP contribution in [0.4, 0.5) is 8.78 Å². The van der Waals surface area contributed by atoms with Crippen LogP contribution in [0.3, 0.4) is 0 Å². The van der Waals surface area contributed by atoms with Crippen LogP contribution in [0.1, 0.15) is 12.0 Å². The van der Waals surface area contributed by atoms with Crippen LogP contribution in [-0.2, 0) is 17.8 Å². The highest BCUT2D eigenvalue weighted by molar-refractivity contribution is 5.76. The summed E-state index contributed by atoms with van der Waals surface area (Å²) < 4.78 is 28.8. The van der Waals surface area contributed by atoms with E-state index >= 15 is 0 Å². The van der Waals surface area contributed by atoms with Crippen molar-refractivity contribution < 1.29 is 18.7 Å². The van der Waals surface area contributed by atoms with Crippen LogP contribution in [0.2, 0.25) is 0 Å². The Morgan fingerprint density at radius 1 is 1.53 bits per heavy atom. The molecule has 0 radical (unpaired) electrons. The Bertz CT molecular complexity index is 578. The summed E-state index contributed by atoms with van der Waals surface area (Å²) in [4.78, 5) is 14.3. The van der Waals surface area contributed by atoms with E-state index in [1.807, 2.05) is 0 Å². The lowest BCUT2D eigenvalue weighted by atomic mass is 10.0. The van der Waals surface area contributed by atoms with Crippen LogP contribution >= 0.6 is 0 Å².